The Morgan fingerprint density at radius 3 is 2.72 bits per heavy atom. The lowest BCUT2D eigenvalue weighted by molar-refractivity contribution is -0.184. The molecule has 0 spiro atoms. The van der Waals surface area contributed by atoms with Crippen LogP contribution < -0.4 is 20.8 Å². The number of hydrazine groups is 1. The van der Waals surface area contributed by atoms with E-state index in [9.17, 15) is 14.0 Å². The molecular weight excluding hydrogens is 399 g/mol. The molecule has 1 aromatic carbocycles. The Bertz CT molecular complexity index is 816. The summed E-state index contributed by atoms with van der Waals surface area (Å²) in [5.74, 6) is -0.144. The van der Waals surface area contributed by atoms with Crippen molar-refractivity contribution >= 4 is 23.4 Å². The summed E-state index contributed by atoms with van der Waals surface area (Å²) in [6, 6.07) is 4.38. The van der Waals surface area contributed by atoms with Gasteiger partial charge >= 0.3 is 0 Å². The quantitative estimate of drug-likeness (QED) is 0.617. The number of halogens is 2. The maximum absolute atomic E-state index is 13.4. The Kier molecular flexibility index (Phi) is 5.21. The molecule has 158 valence electrons. The van der Waals surface area contributed by atoms with Gasteiger partial charge in [0.05, 0.1) is 10.4 Å². The molecule has 2 unspecified atom stereocenters. The zero-order valence-electron chi connectivity index (χ0n) is 16.6. The Labute approximate surface area is 174 Å². The van der Waals surface area contributed by atoms with E-state index in [0.29, 0.717) is 37.8 Å². The second-order valence-electron chi connectivity index (χ2n) is 8.77. The summed E-state index contributed by atoms with van der Waals surface area (Å²) in [6.45, 7) is 3.48. The molecule has 3 saturated carbocycles. The second-order valence-corrected chi connectivity index (χ2v) is 9.18. The minimum atomic E-state index is -0.591. The van der Waals surface area contributed by atoms with Crippen LogP contribution in [0, 0.1) is 17.2 Å². The van der Waals surface area contributed by atoms with Gasteiger partial charge in [0, 0.05) is 43.7 Å². The SMILES string of the molecule is CC1NN(C)CC1CNC(=O)C12CC(NC(=O)COc3ccc(Cl)c(F)c3)(C1)C2. The van der Waals surface area contributed by atoms with Gasteiger partial charge in [-0.2, -0.15) is 0 Å². The molecular formula is C20H26ClFN4O3. The molecule has 1 aromatic rings. The van der Waals surface area contributed by atoms with Crippen molar-refractivity contribution in [1.29, 1.82) is 0 Å². The average Bonchev–Trinajstić information content (AvgIpc) is 2.93. The van der Waals surface area contributed by atoms with Crippen LogP contribution in [-0.4, -0.2) is 55.1 Å². The molecule has 2 amide bonds. The van der Waals surface area contributed by atoms with E-state index >= 15 is 0 Å². The summed E-state index contributed by atoms with van der Waals surface area (Å²) in [5.41, 5.74) is 2.68. The van der Waals surface area contributed by atoms with Crippen LogP contribution in [0.3, 0.4) is 0 Å². The number of hydrogen-bond acceptors (Lipinski definition) is 5. The summed E-state index contributed by atoms with van der Waals surface area (Å²) in [5, 5.41) is 8.11. The summed E-state index contributed by atoms with van der Waals surface area (Å²) in [6.07, 6.45) is 1.97. The Balaban J connectivity index is 1.19. The highest BCUT2D eigenvalue weighted by Gasteiger charge is 2.72. The van der Waals surface area contributed by atoms with E-state index in [1.54, 1.807) is 0 Å². The van der Waals surface area contributed by atoms with Gasteiger partial charge in [0.25, 0.3) is 5.91 Å². The zero-order chi connectivity index (χ0) is 20.8. The highest BCUT2D eigenvalue weighted by molar-refractivity contribution is 6.30. The lowest BCUT2D eigenvalue weighted by Gasteiger charge is -2.69. The number of carbonyl (C=O) groups is 2. The first kappa shape index (κ1) is 20.4. The predicted molar refractivity (Wildman–Crippen MR) is 106 cm³/mol. The van der Waals surface area contributed by atoms with Crippen molar-refractivity contribution in [2.24, 2.45) is 11.3 Å². The first-order chi connectivity index (χ1) is 13.7. The van der Waals surface area contributed by atoms with Crippen molar-refractivity contribution in [2.45, 2.75) is 37.8 Å². The van der Waals surface area contributed by atoms with Crippen molar-refractivity contribution in [3.05, 3.63) is 29.0 Å². The van der Waals surface area contributed by atoms with Crippen LogP contribution in [0.2, 0.25) is 5.02 Å². The largest absolute Gasteiger partial charge is 0.484 e. The van der Waals surface area contributed by atoms with Crippen LogP contribution in [-0.2, 0) is 9.59 Å². The Morgan fingerprint density at radius 1 is 1.38 bits per heavy atom. The van der Waals surface area contributed by atoms with Gasteiger partial charge < -0.3 is 15.4 Å². The molecule has 1 heterocycles. The van der Waals surface area contributed by atoms with Crippen molar-refractivity contribution in [2.75, 3.05) is 26.7 Å². The van der Waals surface area contributed by atoms with Crippen molar-refractivity contribution in [3.8, 4) is 5.75 Å². The molecule has 29 heavy (non-hydrogen) atoms. The molecule has 2 bridgehead atoms. The fraction of sp³-hybridized carbons (Fsp3) is 0.600. The molecule has 7 nitrogen and oxygen atoms in total. The van der Waals surface area contributed by atoms with E-state index in [4.69, 9.17) is 16.3 Å². The Hall–Kier alpha value is -1.90. The van der Waals surface area contributed by atoms with E-state index < -0.39 is 5.82 Å². The maximum atomic E-state index is 13.4. The predicted octanol–water partition coefficient (Wildman–Crippen LogP) is 1.47. The molecule has 2 atom stereocenters. The minimum absolute atomic E-state index is 0.00455. The third-order valence-electron chi connectivity index (χ3n) is 6.34. The number of benzene rings is 1. The number of nitrogens with zero attached hydrogens (tertiary/aromatic N) is 1. The topological polar surface area (TPSA) is 82.7 Å². The van der Waals surface area contributed by atoms with Gasteiger partial charge in [-0.1, -0.05) is 11.6 Å². The Morgan fingerprint density at radius 2 is 2.10 bits per heavy atom. The van der Waals surface area contributed by atoms with Crippen LogP contribution in [0.25, 0.3) is 0 Å². The second kappa shape index (κ2) is 7.41. The van der Waals surface area contributed by atoms with E-state index in [2.05, 4.69) is 23.0 Å². The normalized spacial score (nSPS) is 32.8. The first-order valence-electron chi connectivity index (χ1n) is 9.85. The smallest absolute Gasteiger partial charge is 0.258 e. The molecule has 1 aliphatic heterocycles. The summed E-state index contributed by atoms with van der Waals surface area (Å²) in [4.78, 5) is 24.8. The van der Waals surface area contributed by atoms with Gasteiger partial charge in [0.15, 0.2) is 6.61 Å². The minimum Gasteiger partial charge on any atom is -0.484 e. The fourth-order valence-electron chi connectivity index (χ4n) is 4.88. The van der Waals surface area contributed by atoms with Crippen LogP contribution in [0.1, 0.15) is 26.2 Å². The van der Waals surface area contributed by atoms with Gasteiger partial charge in [-0.3, -0.25) is 15.0 Å². The van der Waals surface area contributed by atoms with Crippen LogP contribution in [0.5, 0.6) is 5.75 Å². The van der Waals surface area contributed by atoms with E-state index in [1.165, 1.54) is 12.1 Å². The summed E-state index contributed by atoms with van der Waals surface area (Å²) >= 11 is 5.63. The number of nitrogens with one attached hydrogen (secondary N) is 3. The third-order valence-corrected chi connectivity index (χ3v) is 6.65. The van der Waals surface area contributed by atoms with E-state index in [-0.39, 0.29) is 40.1 Å². The van der Waals surface area contributed by atoms with Crippen LogP contribution in [0.15, 0.2) is 18.2 Å². The summed E-state index contributed by atoms with van der Waals surface area (Å²) in [7, 11) is 2.00. The van der Waals surface area contributed by atoms with Gasteiger partial charge in [-0.05, 0) is 38.3 Å². The molecule has 9 heteroatoms. The van der Waals surface area contributed by atoms with Gasteiger partial charge in [-0.25, -0.2) is 9.40 Å². The molecule has 1 saturated heterocycles. The monoisotopic (exact) mass is 424 g/mol. The first-order valence-corrected chi connectivity index (χ1v) is 10.2. The molecule has 0 radical (unpaired) electrons. The van der Waals surface area contributed by atoms with Gasteiger partial charge in [0.1, 0.15) is 11.6 Å². The molecule has 4 fully saturated rings. The van der Waals surface area contributed by atoms with Gasteiger partial charge in [0.2, 0.25) is 5.91 Å². The van der Waals surface area contributed by atoms with E-state index in [0.717, 1.165) is 12.6 Å². The fourth-order valence-corrected chi connectivity index (χ4v) is 4.99. The van der Waals surface area contributed by atoms with Crippen LogP contribution >= 0.6 is 11.6 Å². The molecule has 3 N–H and O–H groups in total. The molecule has 0 aromatic heterocycles. The third kappa shape index (κ3) is 3.93. The van der Waals surface area contributed by atoms with Gasteiger partial charge in [-0.15, -0.1) is 0 Å². The van der Waals surface area contributed by atoms with Crippen molar-refractivity contribution in [1.82, 2.24) is 21.1 Å². The number of rotatable bonds is 7. The molecule has 4 aliphatic rings. The maximum Gasteiger partial charge on any atom is 0.258 e. The van der Waals surface area contributed by atoms with Crippen molar-refractivity contribution in [3.63, 3.8) is 0 Å². The number of carbonyl (C=O) groups excluding carboxylic acids is 2. The van der Waals surface area contributed by atoms with E-state index in [1.807, 2.05) is 12.1 Å². The van der Waals surface area contributed by atoms with Crippen molar-refractivity contribution < 1.29 is 18.7 Å². The number of hydrogen-bond donors (Lipinski definition) is 3. The zero-order valence-corrected chi connectivity index (χ0v) is 17.3. The number of ether oxygens (including phenoxy) is 1. The van der Waals surface area contributed by atoms with Crippen LogP contribution in [0.4, 0.5) is 4.39 Å². The lowest BCUT2D eigenvalue weighted by atomic mass is 9.39. The summed E-state index contributed by atoms with van der Waals surface area (Å²) < 4.78 is 18.7. The average molecular weight is 425 g/mol. The lowest BCUT2D eigenvalue weighted by Crippen LogP contribution is -2.78. The molecule has 3 aliphatic carbocycles. The standard InChI is InChI=1S/C20H26ClFN4O3/c1-12-13(7-26(2)25-12)6-23-18(28)19-9-20(10-19,11-19)24-17(27)8-29-14-3-4-15(21)16(22)5-14/h3-5,12-13,25H,6-11H2,1-2H3,(H,23,28)(H,24,27). The number of amides is 2. The molecule has 5 rings (SSSR count). The highest BCUT2D eigenvalue weighted by atomic mass is 35.5. The highest BCUT2D eigenvalue weighted by Crippen LogP contribution is 2.67.